The van der Waals surface area contributed by atoms with E-state index in [-0.39, 0.29) is 17.7 Å². The zero-order valence-electron chi connectivity index (χ0n) is 21.4. The van der Waals surface area contributed by atoms with Gasteiger partial charge in [0.25, 0.3) is 5.91 Å². The minimum atomic E-state index is -0.0452. The zero-order valence-corrected chi connectivity index (χ0v) is 22.1. The standard InChI is InChI=1S/C29H34ClN5O2/c1-32-27(14-15-31-32)29(37)34-18-4-16-33(20-22-8-12-25(30)13-9-22)17-5-19-35(28(36)23-10-11-23)26-7-3-2-6-24(26)21-34/h2-3,6-9,12-15,23H,4-5,10-11,16-21H2,1H3. The Kier molecular flexibility index (Phi) is 7.91. The Morgan fingerprint density at radius 3 is 2.38 bits per heavy atom. The predicted molar refractivity (Wildman–Crippen MR) is 145 cm³/mol. The second kappa shape index (κ2) is 11.5. The van der Waals surface area contributed by atoms with Crippen LogP contribution in [-0.4, -0.2) is 57.6 Å². The normalized spacial score (nSPS) is 17.6. The average Bonchev–Trinajstić information content (AvgIpc) is 3.66. The molecular weight excluding hydrogens is 486 g/mol. The number of fused-ring (bicyclic) bond motifs is 1. The molecule has 0 bridgehead atoms. The Balaban J connectivity index is 1.44. The monoisotopic (exact) mass is 519 g/mol. The molecule has 1 saturated carbocycles. The van der Waals surface area contributed by atoms with Crippen LogP contribution in [0.1, 0.15) is 47.3 Å². The number of aryl methyl sites for hydroxylation is 1. The van der Waals surface area contributed by atoms with Crippen molar-refractivity contribution in [1.82, 2.24) is 19.6 Å². The van der Waals surface area contributed by atoms with Gasteiger partial charge in [-0.2, -0.15) is 5.10 Å². The summed E-state index contributed by atoms with van der Waals surface area (Å²) < 4.78 is 1.63. The number of para-hydroxylation sites is 1. The van der Waals surface area contributed by atoms with Crippen LogP contribution in [0, 0.1) is 5.92 Å². The van der Waals surface area contributed by atoms with Crippen LogP contribution in [0.5, 0.6) is 0 Å². The third kappa shape index (κ3) is 6.22. The molecule has 2 amide bonds. The molecule has 1 aromatic heterocycles. The van der Waals surface area contributed by atoms with E-state index in [1.54, 1.807) is 24.0 Å². The van der Waals surface area contributed by atoms with E-state index < -0.39 is 0 Å². The number of hydrogen-bond acceptors (Lipinski definition) is 4. The summed E-state index contributed by atoms with van der Waals surface area (Å²) in [7, 11) is 1.79. The van der Waals surface area contributed by atoms with Crippen molar-refractivity contribution >= 4 is 29.1 Å². The van der Waals surface area contributed by atoms with E-state index in [1.165, 1.54) is 5.56 Å². The number of anilines is 1. The molecule has 0 spiro atoms. The van der Waals surface area contributed by atoms with Crippen molar-refractivity contribution < 1.29 is 9.59 Å². The average molecular weight is 520 g/mol. The topological polar surface area (TPSA) is 61.7 Å². The number of benzene rings is 2. The molecule has 0 unspecified atom stereocenters. The van der Waals surface area contributed by atoms with E-state index in [0.29, 0.717) is 25.3 Å². The number of carbonyl (C=O) groups is 2. The van der Waals surface area contributed by atoms with Crippen molar-refractivity contribution in [3.8, 4) is 0 Å². The van der Waals surface area contributed by atoms with Gasteiger partial charge in [-0.15, -0.1) is 0 Å². The van der Waals surface area contributed by atoms with Gasteiger partial charge in [0, 0.05) is 69.1 Å². The molecule has 0 N–H and O–H groups in total. The third-order valence-electron chi connectivity index (χ3n) is 7.24. The summed E-state index contributed by atoms with van der Waals surface area (Å²) in [6.45, 7) is 4.27. The van der Waals surface area contributed by atoms with Gasteiger partial charge in [0.05, 0.1) is 0 Å². The highest BCUT2D eigenvalue weighted by atomic mass is 35.5. The van der Waals surface area contributed by atoms with E-state index in [4.69, 9.17) is 11.6 Å². The van der Waals surface area contributed by atoms with Crippen LogP contribution in [0.4, 0.5) is 5.69 Å². The van der Waals surface area contributed by atoms with Crippen molar-refractivity contribution in [2.45, 2.75) is 38.8 Å². The molecule has 0 atom stereocenters. The van der Waals surface area contributed by atoms with Gasteiger partial charge < -0.3 is 9.80 Å². The summed E-state index contributed by atoms with van der Waals surface area (Å²) in [5.41, 5.74) is 3.70. The van der Waals surface area contributed by atoms with Gasteiger partial charge in [-0.1, -0.05) is 41.9 Å². The molecule has 7 nitrogen and oxygen atoms in total. The van der Waals surface area contributed by atoms with Crippen LogP contribution < -0.4 is 4.90 Å². The molecule has 8 heteroatoms. The first-order chi connectivity index (χ1) is 18.0. The Morgan fingerprint density at radius 2 is 1.68 bits per heavy atom. The largest absolute Gasteiger partial charge is 0.333 e. The molecule has 194 valence electrons. The van der Waals surface area contributed by atoms with Gasteiger partial charge in [0.15, 0.2) is 0 Å². The van der Waals surface area contributed by atoms with Gasteiger partial charge in [-0.25, -0.2) is 0 Å². The number of rotatable bonds is 4. The molecule has 37 heavy (non-hydrogen) atoms. The highest BCUT2D eigenvalue weighted by molar-refractivity contribution is 6.30. The maximum absolute atomic E-state index is 13.6. The Bertz CT molecular complexity index is 1240. The molecule has 0 radical (unpaired) electrons. The number of carbonyl (C=O) groups excluding carboxylic acids is 2. The molecule has 2 aromatic carbocycles. The van der Waals surface area contributed by atoms with Crippen LogP contribution in [0.3, 0.4) is 0 Å². The summed E-state index contributed by atoms with van der Waals surface area (Å²) in [4.78, 5) is 33.3. The van der Waals surface area contributed by atoms with Gasteiger partial charge >= 0.3 is 0 Å². The molecule has 5 rings (SSSR count). The van der Waals surface area contributed by atoms with Crippen molar-refractivity contribution in [2.24, 2.45) is 13.0 Å². The number of aromatic nitrogens is 2. The van der Waals surface area contributed by atoms with E-state index in [1.807, 2.05) is 46.2 Å². The Morgan fingerprint density at radius 1 is 0.946 bits per heavy atom. The fraction of sp³-hybridized carbons (Fsp3) is 0.414. The number of nitrogens with zero attached hydrogens (tertiary/aromatic N) is 5. The fourth-order valence-corrected chi connectivity index (χ4v) is 5.19. The smallest absolute Gasteiger partial charge is 0.272 e. The second-order valence-electron chi connectivity index (χ2n) is 10.1. The summed E-state index contributed by atoms with van der Waals surface area (Å²) >= 11 is 6.10. The van der Waals surface area contributed by atoms with Crippen LogP contribution >= 0.6 is 11.6 Å². The minimum Gasteiger partial charge on any atom is -0.333 e. The fourth-order valence-electron chi connectivity index (χ4n) is 5.07. The van der Waals surface area contributed by atoms with E-state index in [0.717, 1.165) is 61.6 Å². The maximum atomic E-state index is 13.6. The first-order valence-electron chi connectivity index (χ1n) is 13.1. The van der Waals surface area contributed by atoms with Gasteiger partial charge in [0.1, 0.15) is 5.69 Å². The second-order valence-corrected chi connectivity index (χ2v) is 10.5. The lowest BCUT2D eigenvalue weighted by Gasteiger charge is -2.32. The SMILES string of the molecule is Cn1nccc1C(=O)N1CCCN(Cc2ccc(Cl)cc2)CCCN(C(=O)C2CC2)c2ccccc2C1. The summed E-state index contributed by atoms with van der Waals surface area (Å²) in [5, 5.41) is 4.94. The summed E-state index contributed by atoms with van der Waals surface area (Å²) in [6, 6.07) is 17.8. The molecule has 3 aromatic rings. The predicted octanol–water partition coefficient (Wildman–Crippen LogP) is 4.75. The number of halogens is 1. The third-order valence-corrected chi connectivity index (χ3v) is 7.49. The van der Waals surface area contributed by atoms with Crippen LogP contribution in [-0.2, 0) is 24.9 Å². The Hall–Kier alpha value is -3.16. The Labute approximate surface area is 223 Å². The molecule has 2 heterocycles. The molecule has 1 aliphatic heterocycles. The lowest BCUT2D eigenvalue weighted by molar-refractivity contribution is -0.119. The van der Waals surface area contributed by atoms with Crippen LogP contribution in [0.15, 0.2) is 60.8 Å². The molecule has 2 aliphatic rings. The summed E-state index contributed by atoms with van der Waals surface area (Å²) in [6.07, 6.45) is 5.32. The van der Waals surface area contributed by atoms with Crippen molar-refractivity contribution in [3.05, 3.63) is 82.6 Å². The van der Waals surface area contributed by atoms with Crippen molar-refractivity contribution in [2.75, 3.05) is 31.1 Å². The lowest BCUT2D eigenvalue weighted by Crippen LogP contribution is -2.39. The van der Waals surface area contributed by atoms with E-state index >= 15 is 0 Å². The van der Waals surface area contributed by atoms with Crippen LogP contribution in [0.2, 0.25) is 5.02 Å². The zero-order chi connectivity index (χ0) is 25.8. The number of amides is 2. The number of hydrogen-bond donors (Lipinski definition) is 0. The first kappa shape index (κ1) is 25.5. The van der Waals surface area contributed by atoms with Crippen LogP contribution in [0.25, 0.3) is 0 Å². The van der Waals surface area contributed by atoms with Gasteiger partial charge in [0.2, 0.25) is 5.91 Å². The molecule has 1 fully saturated rings. The van der Waals surface area contributed by atoms with E-state index in [2.05, 4.69) is 22.1 Å². The molecule has 0 saturated heterocycles. The van der Waals surface area contributed by atoms with Gasteiger partial charge in [-0.3, -0.25) is 19.2 Å². The quantitative estimate of drug-likeness (QED) is 0.499. The van der Waals surface area contributed by atoms with Crippen molar-refractivity contribution in [1.29, 1.82) is 0 Å². The molecular formula is C29H34ClN5O2. The van der Waals surface area contributed by atoms with Crippen molar-refractivity contribution in [3.63, 3.8) is 0 Å². The van der Waals surface area contributed by atoms with Gasteiger partial charge in [-0.05, 0) is 61.1 Å². The minimum absolute atomic E-state index is 0.0452. The highest BCUT2D eigenvalue weighted by Crippen LogP contribution is 2.34. The summed E-state index contributed by atoms with van der Waals surface area (Å²) in [5.74, 6) is 0.285. The highest BCUT2D eigenvalue weighted by Gasteiger charge is 2.35. The first-order valence-corrected chi connectivity index (χ1v) is 13.5. The maximum Gasteiger partial charge on any atom is 0.272 e. The van der Waals surface area contributed by atoms with E-state index in [9.17, 15) is 9.59 Å². The molecule has 1 aliphatic carbocycles. The lowest BCUT2D eigenvalue weighted by atomic mass is 10.1.